The van der Waals surface area contributed by atoms with Gasteiger partial charge >= 0.3 is 6.18 Å². The van der Waals surface area contributed by atoms with E-state index in [-0.39, 0.29) is 18.3 Å². The lowest BCUT2D eigenvalue weighted by atomic mass is 10.1. The van der Waals surface area contributed by atoms with Crippen LogP contribution in [0, 0.1) is 0 Å². The smallest absolute Gasteiger partial charge is 0.366 e. The third-order valence-electron chi connectivity index (χ3n) is 3.59. The number of hydrogen-bond donors (Lipinski definition) is 2. The van der Waals surface area contributed by atoms with Gasteiger partial charge in [0.1, 0.15) is 12.0 Å². The second-order valence-electron chi connectivity index (χ2n) is 5.32. The van der Waals surface area contributed by atoms with Gasteiger partial charge in [0.05, 0.1) is 12.0 Å². The van der Waals surface area contributed by atoms with Crippen molar-refractivity contribution in [3.63, 3.8) is 0 Å². The van der Waals surface area contributed by atoms with Gasteiger partial charge in [0.2, 0.25) is 5.91 Å². The number of halogens is 4. The number of hydrogen-bond acceptors (Lipinski definition) is 3. The summed E-state index contributed by atoms with van der Waals surface area (Å²) in [7, 11) is 0. The van der Waals surface area contributed by atoms with E-state index in [1.807, 2.05) is 0 Å². The number of rotatable bonds is 3. The number of benzene rings is 1. The molecule has 2 aliphatic heterocycles. The number of carbonyl (C=O) groups is 1. The Balaban J connectivity index is 1.65. The topological polar surface area (TPSA) is 44.4 Å². The molecule has 8 heteroatoms. The average molecular weight is 339 g/mol. The van der Waals surface area contributed by atoms with Gasteiger partial charge in [-0.1, -0.05) is 0 Å². The first-order chi connectivity index (χ1) is 11.3. The molecule has 0 saturated carbocycles. The van der Waals surface area contributed by atoms with E-state index >= 15 is 0 Å². The van der Waals surface area contributed by atoms with Crippen molar-refractivity contribution in [2.45, 2.75) is 18.8 Å². The van der Waals surface area contributed by atoms with Crippen molar-refractivity contribution in [1.82, 2.24) is 10.2 Å². The Morgan fingerprint density at radius 1 is 1.25 bits per heavy atom. The Kier molecular flexibility index (Phi) is 4.04. The highest BCUT2D eigenvalue weighted by atomic mass is 19.4. The number of anilines is 1. The molecular formula is C16H13F4N3O. The van der Waals surface area contributed by atoms with Gasteiger partial charge in [-0.3, -0.25) is 4.79 Å². The SMILES string of the molecule is O=C(CC1=CC(F)=CC2NC=CN12)Nc1ccc(C(F)(F)F)cc1. The fraction of sp³-hybridized carbons (Fsp3) is 0.188. The molecule has 24 heavy (non-hydrogen) atoms. The minimum atomic E-state index is -4.43. The summed E-state index contributed by atoms with van der Waals surface area (Å²) in [5.41, 5.74) is -0.100. The summed E-state index contributed by atoms with van der Waals surface area (Å²) < 4.78 is 51.1. The zero-order valence-electron chi connectivity index (χ0n) is 12.3. The van der Waals surface area contributed by atoms with E-state index in [1.165, 1.54) is 24.3 Å². The van der Waals surface area contributed by atoms with Crippen LogP contribution in [0.1, 0.15) is 12.0 Å². The molecule has 126 valence electrons. The number of amides is 1. The lowest BCUT2D eigenvalue weighted by Crippen LogP contribution is -2.36. The molecule has 1 unspecified atom stereocenters. The van der Waals surface area contributed by atoms with Crippen LogP contribution in [-0.4, -0.2) is 17.0 Å². The van der Waals surface area contributed by atoms with Gasteiger partial charge in [0.15, 0.2) is 0 Å². The maximum absolute atomic E-state index is 13.6. The van der Waals surface area contributed by atoms with Crippen LogP contribution >= 0.6 is 0 Å². The Morgan fingerprint density at radius 2 is 1.96 bits per heavy atom. The summed E-state index contributed by atoms with van der Waals surface area (Å²) in [5, 5.41) is 5.41. The van der Waals surface area contributed by atoms with Gasteiger partial charge in [0.25, 0.3) is 0 Å². The van der Waals surface area contributed by atoms with Gasteiger partial charge in [-0.25, -0.2) is 4.39 Å². The molecule has 0 radical (unpaired) electrons. The zero-order valence-corrected chi connectivity index (χ0v) is 12.3. The highest BCUT2D eigenvalue weighted by molar-refractivity contribution is 5.92. The average Bonchev–Trinajstić information content (AvgIpc) is 2.95. The second kappa shape index (κ2) is 6.03. The summed E-state index contributed by atoms with van der Waals surface area (Å²) in [5.74, 6) is -0.903. The summed E-state index contributed by atoms with van der Waals surface area (Å²) in [6.45, 7) is 0. The third-order valence-corrected chi connectivity index (χ3v) is 3.59. The van der Waals surface area contributed by atoms with Crippen LogP contribution in [0.5, 0.6) is 0 Å². The first-order valence-corrected chi connectivity index (χ1v) is 7.09. The minimum absolute atomic E-state index is 0.106. The molecule has 0 saturated heterocycles. The van der Waals surface area contributed by atoms with Gasteiger partial charge in [-0.05, 0) is 36.4 Å². The number of nitrogens with one attached hydrogen (secondary N) is 2. The Morgan fingerprint density at radius 3 is 2.62 bits per heavy atom. The molecule has 3 rings (SSSR count). The lowest BCUT2D eigenvalue weighted by Gasteiger charge is -2.28. The number of allylic oxidation sites excluding steroid dienone is 2. The van der Waals surface area contributed by atoms with Crippen molar-refractivity contribution >= 4 is 11.6 Å². The predicted molar refractivity (Wildman–Crippen MR) is 79.9 cm³/mol. The molecule has 1 aromatic rings. The van der Waals surface area contributed by atoms with Crippen molar-refractivity contribution in [2.75, 3.05) is 5.32 Å². The zero-order chi connectivity index (χ0) is 17.3. The molecule has 0 aromatic heterocycles. The van der Waals surface area contributed by atoms with Crippen LogP contribution in [0.2, 0.25) is 0 Å². The molecule has 1 amide bonds. The quantitative estimate of drug-likeness (QED) is 0.829. The van der Waals surface area contributed by atoms with Crippen molar-refractivity contribution in [3.8, 4) is 0 Å². The lowest BCUT2D eigenvalue weighted by molar-refractivity contribution is -0.137. The standard InChI is InChI=1S/C16H13F4N3O/c17-11-7-13(23-6-5-21-14(23)8-11)9-15(24)22-12-3-1-10(2-4-12)16(18,19)20/h1-8,14,21H,9H2,(H,22,24). The van der Waals surface area contributed by atoms with E-state index in [1.54, 1.807) is 17.3 Å². The number of nitrogens with zero attached hydrogens (tertiary/aromatic N) is 1. The van der Waals surface area contributed by atoms with Crippen LogP contribution in [0.25, 0.3) is 0 Å². The molecule has 1 atom stereocenters. The van der Waals surface area contributed by atoms with Crippen LogP contribution in [0.4, 0.5) is 23.2 Å². The summed E-state index contributed by atoms with van der Waals surface area (Å²) in [6.07, 6.45) is 1.04. The molecule has 4 nitrogen and oxygen atoms in total. The highest BCUT2D eigenvalue weighted by Crippen LogP contribution is 2.30. The predicted octanol–water partition coefficient (Wildman–Crippen LogP) is 3.49. The van der Waals surface area contributed by atoms with E-state index in [2.05, 4.69) is 10.6 Å². The normalized spacial score (nSPS) is 19.3. The van der Waals surface area contributed by atoms with Gasteiger partial charge in [-0.2, -0.15) is 13.2 Å². The first-order valence-electron chi connectivity index (χ1n) is 7.09. The first kappa shape index (κ1) is 16.1. The van der Waals surface area contributed by atoms with E-state index in [4.69, 9.17) is 0 Å². The summed E-state index contributed by atoms with van der Waals surface area (Å²) in [6, 6.07) is 4.13. The molecule has 0 aliphatic carbocycles. The molecular weight excluding hydrogens is 326 g/mol. The molecule has 0 bridgehead atoms. The second-order valence-corrected chi connectivity index (χ2v) is 5.32. The van der Waals surface area contributed by atoms with Gasteiger partial charge in [-0.15, -0.1) is 0 Å². The summed E-state index contributed by atoms with van der Waals surface area (Å²) >= 11 is 0. The van der Waals surface area contributed by atoms with Crippen LogP contribution in [0.3, 0.4) is 0 Å². The number of fused-ring (bicyclic) bond motifs is 1. The molecule has 0 fully saturated rings. The van der Waals surface area contributed by atoms with E-state index in [9.17, 15) is 22.4 Å². The highest BCUT2D eigenvalue weighted by Gasteiger charge is 2.30. The van der Waals surface area contributed by atoms with Crippen LogP contribution in [0.15, 0.2) is 60.3 Å². The third kappa shape index (κ3) is 3.42. The molecule has 2 aliphatic rings. The maximum atomic E-state index is 13.6. The van der Waals surface area contributed by atoms with Crippen LogP contribution < -0.4 is 10.6 Å². The summed E-state index contributed by atoms with van der Waals surface area (Å²) in [4.78, 5) is 13.8. The monoisotopic (exact) mass is 339 g/mol. The van der Waals surface area contributed by atoms with Crippen molar-refractivity contribution in [3.05, 3.63) is 65.9 Å². The van der Waals surface area contributed by atoms with E-state index in [0.717, 1.165) is 12.1 Å². The number of alkyl halides is 3. The molecule has 0 spiro atoms. The fourth-order valence-corrected chi connectivity index (χ4v) is 2.48. The van der Waals surface area contributed by atoms with Gasteiger partial charge < -0.3 is 15.5 Å². The van der Waals surface area contributed by atoms with Crippen LogP contribution in [-0.2, 0) is 11.0 Å². The van der Waals surface area contributed by atoms with E-state index in [0.29, 0.717) is 5.70 Å². The maximum Gasteiger partial charge on any atom is 0.416 e. The fourth-order valence-electron chi connectivity index (χ4n) is 2.48. The molecule has 1 aromatic carbocycles. The largest absolute Gasteiger partial charge is 0.416 e. The molecule has 2 N–H and O–H groups in total. The minimum Gasteiger partial charge on any atom is -0.366 e. The van der Waals surface area contributed by atoms with Crippen molar-refractivity contribution in [1.29, 1.82) is 0 Å². The Hall–Kier alpha value is -2.77. The Labute approximate surface area is 135 Å². The van der Waals surface area contributed by atoms with Gasteiger partial charge in [0, 0.05) is 23.8 Å². The number of carbonyl (C=O) groups excluding carboxylic acids is 1. The van der Waals surface area contributed by atoms with Crippen molar-refractivity contribution in [2.24, 2.45) is 0 Å². The molecule has 2 heterocycles. The van der Waals surface area contributed by atoms with E-state index < -0.39 is 23.5 Å². The Bertz CT molecular complexity index is 735. The van der Waals surface area contributed by atoms with Crippen molar-refractivity contribution < 1.29 is 22.4 Å².